The van der Waals surface area contributed by atoms with Gasteiger partial charge in [0.2, 0.25) is 5.91 Å². The number of hydrogen-bond donors (Lipinski definition) is 4. The molecule has 3 aromatic carbocycles. The summed E-state index contributed by atoms with van der Waals surface area (Å²) >= 11 is 0. The molecule has 304 valence electrons. The van der Waals surface area contributed by atoms with Crippen LogP contribution < -0.4 is 10.4 Å². The molecule has 7 nitrogen and oxygen atoms in total. The smallest absolute Gasteiger partial charge is 0.252 e. The van der Waals surface area contributed by atoms with Crippen LogP contribution in [0.15, 0.2) is 36.4 Å². The van der Waals surface area contributed by atoms with E-state index in [1.165, 1.54) is 5.01 Å². The molecule has 0 aliphatic heterocycles. The Hall–Kier alpha value is -4.00. The summed E-state index contributed by atoms with van der Waals surface area (Å²) in [5.74, 6) is -1.59. The molecule has 4 N–H and O–H groups in total. The predicted molar refractivity (Wildman–Crippen MR) is 229 cm³/mol. The second-order valence-electron chi connectivity index (χ2n) is 21.9. The molecule has 55 heavy (non-hydrogen) atoms. The molecule has 0 aliphatic carbocycles. The Morgan fingerprint density at radius 1 is 0.455 bits per heavy atom. The Labute approximate surface area is 332 Å². The van der Waals surface area contributed by atoms with Crippen LogP contribution in [0.5, 0.6) is 17.2 Å². The van der Waals surface area contributed by atoms with Crippen LogP contribution in [0, 0.1) is 0 Å². The number of aromatic hydroxyl groups is 3. The minimum Gasteiger partial charge on any atom is -0.507 e. The molecule has 3 rings (SSSR count). The van der Waals surface area contributed by atoms with E-state index in [4.69, 9.17) is 0 Å². The average Bonchev–Trinajstić information content (AvgIpc) is 2.99. The van der Waals surface area contributed by atoms with Crippen molar-refractivity contribution in [1.29, 1.82) is 0 Å². The van der Waals surface area contributed by atoms with Crippen molar-refractivity contribution in [3.8, 4) is 17.2 Å². The van der Waals surface area contributed by atoms with Crippen LogP contribution in [0.25, 0.3) is 0 Å². The fourth-order valence-corrected chi connectivity index (χ4v) is 6.93. The maximum Gasteiger partial charge on any atom is 0.252 e. The van der Waals surface area contributed by atoms with Crippen molar-refractivity contribution in [1.82, 2.24) is 5.43 Å². The zero-order valence-corrected chi connectivity index (χ0v) is 37.7. The molecule has 0 radical (unpaired) electrons. The number of phenolic OH excluding ortho intramolecular Hbond substituents is 3. The maximum atomic E-state index is 15.1. The number of amides is 2. The van der Waals surface area contributed by atoms with E-state index in [1.54, 1.807) is 12.1 Å². The lowest BCUT2D eigenvalue weighted by Crippen LogP contribution is -2.49. The quantitative estimate of drug-likeness (QED) is 0.194. The molecule has 3 aromatic rings. The number of nitrogens with zero attached hydrogens (tertiary/aromatic N) is 1. The highest BCUT2D eigenvalue weighted by atomic mass is 16.3. The van der Waals surface area contributed by atoms with E-state index < -0.39 is 50.2 Å². The Bertz CT molecular complexity index is 1820. The van der Waals surface area contributed by atoms with Gasteiger partial charge in [0.1, 0.15) is 17.2 Å². The SMILES string of the molecule is CC(C(=O)NN(C(=O)C(C)c1cc(C(C)(C)C)c(O)c(C(C)(C)C)c1)c1cc(C(C)(C)C)c(O)c(C(C)(C)C)c1)c1cc(C(C)(C)C)c(O)c(C(C)(C)C)c1. The van der Waals surface area contributed by atoms with Gasteiger partial charge in [-0.05, 0) is 91.9 Å². The Balaban J connectivity index is 2.36. The minimum absolute atomic E-state index is 0.167. The standard InChI is InChI=1S/C48H72N2O5/c1-27(29-21-32(43(3,4)5)38(51)33(22-29)44(6,7)8)41(54)49-50(31-25-36(47(15,16)17)40(53)37(26-31)48(18,19)20)42(55)28(2)30-23-34(45(9,10)11)39(52)35(24-30)46(12,13)14/h21-28,51-53H,1-20H3,(H,49,54). The third kappa shape index (κ3) is 9.88. The summed E-state index contributed by atoms with van der Waals surface area (Å²) in [6, 6.07) is 11.2. The second kappa shape index (κ2) is 14.8. The van der Waals surface area contributed by atoms with Crippen molar-refractivity contribution in [2.45, 2.75) is 183 Å². The van der Waals surface area contributed by atoms with E-state index in [0.29, 0.717) is 16.8 Å². The van der Waals surface area contributed by atoms with Crippen LogP contribution in [0.1, 0.15) is 195 Å². The van der Waals surface area contributed by atoms with E-state index >= 15 is 4.79 Å². The normalized spacial score (nSPS) is 14.4. The summed E-state index contributed by atoms with van der Waals surface area (Å²) in [6.07, 6.45) is 0. The van der Waals surface area contributed by atoms with Gasteiger partial charge in [-0.3, -0.25) is 15.0 Å². The molecule has 0 saturated carbocycles. The molecule has 0 aromatic heterocycles. The summed E-state index contributed by atoms with van der Waals surface area (Å²) in [5, 5.41) is 35.9. The van der Waals surface area contributed by atoms with Gasteiger partial charge in [-0.2, -0.15) is 0 Å². The number of hydrazine groups is 1. The van der Waals surface area contributed by atoms with Gasteiger partial charge in [-0.25, -0.2) is 5.01 Å². The molecule has 0 aliphatic rings. The molecule has 2 amide bonds. The number of carbonyl (C=O) groups excluding carboxylic acids is 2. The molecule has 2 unspecified atom stereocenters. The molecule has 0 spiro atoms. The first-order chi connectivity index (χ1) is 24.5. The number of carbonyl (C=O) groups is 2. The third-order valence-electron chi connectivity index (χ3n) is 10.7. The van der Waals surface area contributed by atoms with Gasteiger partial charge in [-0.1, -0.05) is 149 Å². The van der Waals surface area contributed by atoms with Crippen molar-refractivity contribution in [3.05, 3.63) is 80.9 Å². The van der Waals surface area contributed by atoms with E-state index in [1.807, 2.05) is 163 Å². The van der Waals surface area contributed by atoms with E-state index in [0.717, 1.165) is 33.4 Å². The Morgan fingerprint density at radius 2 is 0.691 bits per heavy atom. The largest absolute Gasteiger partial charge is 0.507 e. The van der Waals surface area contributed by atoms with Gasteiger partial charge < -0.3 is 15.3 Å². The highest BCUT2D eigenvalue weighted by Gasteiger charge is 2.35. The van der Waals surface area contributed by atoms with Gasteiger partial charge in [-0.15, -0.1) is 0 Å². The highest BCUT2D eigenvalue weighted by molar-refractivity contribution is 6.01. The maximum absolute atomic E-state index is 15.1. The van der Waals surface area contributed by atoms with Gasteiger partial charge in [0, 0.05) is 11.1 Å². The van der Waals surface area contributed by atoms with Crippen LogP contribution in [-0.4, -0.2) is 27.1 Å². The third-order valence-corrected chi connectivity index (χ3v) is 10.7. The fraction of sp³-hybridized carbons (Fsp3) is 0.583. The average molecular weight is 757 g/mol. The summed E-state index contributed by atoms with van der Waals surface area (Å²) in [4.78, 5) is 29.7. The topological polar surface area (TPSA) is 110 Å². The van der Waals surface area contributed by atoms with Crippen LogP contribution in [-0.2, 0) is 42.1 Å². The van der Waals surface area contributed by atoms with Crippen molar-refractivity contribution in [2.75, 3.05) is 5.01 Å². The Morgan fingerprint density at radius 3 is 0.945 bits per heavy atom. The number of benzene rings is 3. The van der Waals surface area contributed by atoms with Gasteiger partial charge in [0.25, 0.3) is 5.91 Å². The molecular formula is C48H72N2O5. The van der Waals surface area contributed by atoms with Crippen LogP contribution in [0.3, 0.4) is 0 Å². The summed E-state index contributed by atoms with van der Waals surface area (Å²) in [5.41, 5.74) is 6.62. The van der Waals surface area contributed by atoms with E-state index in [9.17, 15) is 20.1 Å². The Kier molecular flexibility index (Phi) is 12.2. The van der Waals surface area contributed by atoms with Gasteiger partial charge in [0.15, 0.2) is 0 Å². The summed E-state index contributed by atoms with van der Waals surface area (Å²) < 4.78 is 0. The van der Waals surface area contributed by atoms with Crippen molar-refractivity contribution in [2.24, 2.45) is 0 Å². The monoisotopic (exact) mass is 757 g/mol. The first-order valence-electron chi connectivity index (χ1n) is 19.8. The zero-order chi connectivity index (χ0) is 42.8. The lowest BCUT2D eigenvalue weighted by atomic mass is 9.77. The van der Waals surface area contributed by atoms with Crippen LogP contribution in [0.2, 0.25) is 0 Å². The number of rotatable bonds is 5. The lowest BCUT2D eigenvalue weighted by Gasteiger charge is -2.34. The number of phenols is 3. The highest BCUT2D eigenvalue weighted by Crippen LogP contribution is 2.45. The lowest BCUT2D eigenvalue weighted by molar-refractivity contribution is -0.127. The summed E-state index contributed by atoms with van der Waals surface area (Å²) in [6.45, 7) is 40.2. The number of nitrogens with one attached hydrogen (secondary N) is 1. The molecule has 0 heterocycles. The zero-order valence-electron chi connectivity index (χ0n) is 37.7. The second-order valence-corrected chi connectivity index (χ2v) is 21.9. The van der Waals surface area contributed by atoms with E-state index in [-0.39, 0.29) is 23.2 Å². The molecule has 0 fully saturated rings. The molecule has 0 bridgehead atoms. The van der Waals surface area contributed by atoms with E-state index in [2.05, 4.69) is 5.43 Å². The number of anilines is 1. The minimum atomic E-state index is -0.739. The van der Waals surface area contributed by atoms with Crippen LogP contribution >= 0.6 is 0 Å². The summed E-state index contributed by atoms with van der Waals surface area (Å²) in [7, 11) is 0. The van der Waals surface area contributed by atoms with Crippen molar-refractivity contribution < 1.29 is 24.9 Å². The molecule has 0 saturated heterocycles. The van der Waals surface area contributed by atoms with Gasteiger partial charge in [0.05, 0.1) is 17.5 Å². The first-order valence-corrected chi connectivity index (χ1v) is 19.8. The molecule has 7 heteroatoms. The number of hydrogen-bond acceptors (Lipinski definition) is 5. The first kappa shape index (κ1) is 45.4. The van der Waals surface area contributed by atoms with Crippen molar-refractivity contribution in [3.63, 3.8) is 0 Å². The molecular weight excluding hydrogens is 685 g/mol. The predicted octanol–water partition coefficient (Wildman–Crippen LogP) is 11.6. The fourth-order valence-electron chi connectivity index (χ4n) is 6.93. The van der Waals surface area contributed by atoms with Crippen LogP contribution in [0.4, 0.5) is 5.69 Å². The van der Waals surface area contributed by atoms with Crippen molar-refractivity contribution >= 4 is 17.5 Å². The molecule has 2 atom stereocenters. The van der Waals surface area contributed by atoms with Gasteiger partial charge >= 0.3 is 0 Å².